The van der Waals surface area contributed by atoms with Gasteiger partial charge in [-0.15, -0.1) is 11.3 Å². The lowest BCUT2D eigenvalue weighted by atomic mass is 10.3. The van der Waals surface area contributed by atoms with E-state index in [1.54, 1.807) is 0 Å². The molecule has 7 heteroatoms. The molecule has 0 fully saturated rings. The lowest BCUT2D eigenvalue weighted by Crippen LogP contribution is -2.17. The van der Waals surface area contributed by atoms with Crippen molar-refractivity contribution in [3.05, 3.63) is 17.0 Å². The molecule has 0 aliphatic rings. The minimum atomic E-state index is -3.47. The molecular weight excluding hydrogens is 250 g/mol. The summed E-state index contributed by atoms with van der Waals surface area (Å²) in [6.07, 6.45) is 0.734. The molecule has 1 heterocycles. The topological polar surface area (TPSA) is 72.5 Å². The van der Waals surface area contributed by atoms with Crippen LogP contribution in [0.4, 0.5) is 0 Å². The van der Waals surface area contributed by atoms with Gasteiger partial charge in [-0.3, -0.25) is 0 Å². The number of ether oxygens (including phenoxy) is 1. The van der Waals surface area contributed by atoms with Crippen molar-refractivity contribution in [3.63, 3.8) is 0 Å². The average molecular weight is 263 g/mol. The van der Waals surface area contributed by atoms with Gasteiger partial charge in [-0.25, -0.2) is 17.9 Å². The highest BCUT2D eigenvalue weighted by Gasteiger charge is 2.17. The second kappa shape index (κ2) is 5.42. The molecule has 1 N–H and O–H groups in total. The fraction of sp³-hybridized carbons (Fsp3) is 0.444. The van der Waals surface area contributed by atoms with E-state index in [1.807, 2.05) is 6.92 Å². The fourth-order valence-electron chi connectivity index (χ4n) is 0.943. The van der Waals surface area contributed by atoms with Crippen molar-refractivity contribution in [1.29, 1.82) is 0 Å². The van der Waals surface area contributed by atoms with Crippen LogP contribution in [0.2, 0.25) is 0 Å². The molecule has 1 rings (SSSR count). The van der Waals surface area contributed by atoms with E-state index in [4.69, 9.17) is 4.74 Å². The minimum absolute atomic E-state index is 0.110. The zero-order valence-corrected chi connectivity index (χ0v) is 10.7. The van der Waals surface area contributed by atoms with Crippen LogP contribution in [0.15, 0.2) is 15.7 Å². The predicted molar refractivity (Wildman–Crippen MR) is 61.1 cm³/mol. The highest BCUT2D eigenvalue weighted by atomic mass is 32.2. The van der Waals surface area contributed by atoms with Gasteiger partial charge >= 0.3 is 5.97 Å². The molecule has 16 heavy (non-hydrogen) atoms. The maximum absolute atomic E-state index is 11.4. The molecule has 5 nitrogen and oxygen atoms in total. The van der Waals surface area contributed by atoms with E-state index >= 15 is 0 Å². The molecule has 0 aromatic carbocycles. The Bertz CT molecular complexity index is 464. The summed E-state index contributed by atoms with van der Waals surface area (Å²) in [5, 5.41) is 1.47. The number of nitrogens with one attached hydrogen (secondary N) is 1. The molecule has 0 radical (unpaired) electrons. The second-order valence-corrected chi connectivity index (χ2v) is 6.02. The van der Waals surface area contributed by atoms with Crippen LogP contribution in [0.5, 0.6) is 0 Å². The predicted octanol–water partition coefficient (Wildman–Crippen LogP) is 1.22. The van der Waals surface area contributed by atoms with Gasteiger partial charge in [-0.1, -0.05) is 6.92 Å². The number of rotatable bonds is 5. The normalized spacial score (nSPS) is 11.4. The summed E-state index contributed by atoms with van der Waals surface area (Å²) < 4.78 is 30.0. The lowest BCUT2D eigenvalue weighted by molar-refractivity contribution is 0.0505. The zero-order valence-electron chi connectivity index (χ0n) is 9.02. The summed E-state index contributed by atoms with van der Waals surface area (Å²) in [5.74, 6) is -0.490. The highest BCUT2D eigenvalue weighted by molar-refractivity contribution is 7.91. The van der Waals surface area contributed by atoms with Crippen LogP contribution >= 0.6 is 11.3 Å². The zero-order chi connectivity index (χ0) is 12.2. The SMILES string of the molecule is CCCOC(=O)c1csc(S(=O)(=O)NC)c1. The quantitative estimate of drug-likeness (QED) is 0.811. The Balaban J connectivity index is 2.83. The molecule has 90 valence electrons. The van der Waals surface area contributed by atoms with Crippen molar-refractivity contribution in [2.45, 2.75) is 17.6 Å². The van der Waals surface area contributed by atoms with Crippen LogP contribution in [-0.2, 0) is 14.8 Å². The average Bonchev–Trinajstić information content (AvgIpc) is 2.75. The number of sulfonamides is 1. The second-order valence-electron chi connectivity index (χ2n) is 3.00. The minimum Gasteiger partial charge on any atom is -0.462 e. The van der Waals surface area contributed by atoms with Crippen LogP contribution < -0.4 is 4.72 Å². The Morgan fingerprint density at radius 2 is 2.25 bits per heavy atom. The van der Waals surface area contributed by atoms with E-state index in [1.165, 1.54) is 18.5 Å². The van der Waals surface area contributed by atoms with Crippen molar-refractivity contribution < 1.29 is 17.9 Å². The number of thiophene rings is 1. The van der Waals surface area contributed by atoms with Crippen LogP contribution in [0.1, 0.15) is 23.7 Å². The van der Waals surface area contributed by atoms with Crippen LogP contribution in [-0.4, -0.2) is 28.0 Å². The monoisotopic (exact) mass is 263 g/mol. The smallest absolute Gasteiger partial charge is 0.339 e. The molecule has 0 saturated carbocycles. The highest BCUT2D eigenvalue weighted by Crippen LogP contribution is 2.20. The first-order valence-corrected chi connectivity index (χ1v) is 7.06. The Labute approximate surface area is 98.5 Å². The van der Waals surface area contributed by atoms with Gasteiger partial charge in [0, 0.05) is 5.38 Å². The summed E-state index contributed by atoms with van der Waals surface area (Å²) in [7, 11) is -2.15. The number of hydrogen-bond donors (Lipinski definition) is 1. The van der Waals surface area contributed by atoms with E-state index in [2.05, 4.69) is 4.72 Å². The van der Waals surface area contributed by atoms with Gasteiger partial charge in [0.25, 0.3) is 0 Å². The summed E-state index contributed by atoms with van der Waals surface area (Å²) in [6, 6.07) is 1.31. The van der Waals surface area contributed by atoms with Gasteiger partial charge in [0.05, 0.1) is 12.2 Å². The number of carbonyl (C=O) groups is 1. The van der Waals surface area contributed by atoms with Crippen LogP contribution in [0.3, 0.4) is 0 Å². The van der Waals surface area contributed by atoms with E-state index in [-0.39, 0.29) is 9.77 Å². The van der Waals surface area contributed by atoms with E-state index in [9.17, 15) is 13.2 Å². The van der Waals surface area contributed by atoms with Gasteiger partial charge in [0.2, 0.25) is 10.0 Å². The number of hydrogen-bond acceptors (Lipinski definition) is 5. The van der Waals surface area contributed by atoms with E-state index < -0.39 is 16.0 Å². The van der Waals surface area contributed by atoms with Crippen molar-refractivity contribution in [1.82, 2.24) is 4.72 Å². The van der Waals surface area contributed by atoms with Gasteiger partial charge in [0.15, 0.2) is 0 Å². The molecule has 0 spiro atoms. The van der Waals surface area contributed by atoms with Crippen molar-refractivity contribution in [3.8, 4) is 0 Å². The third kappa shape index (κ3) is 3.03. The van der Waals surface area contributed by atoms with Gasteiger partial charge in [0.1, 0.15) is 4.21 Å². The summed E-state index contributed by atoms with van der Waals surface area (Å²) in [4.78, 5) is 11.4. The molecule has 0 aliphatic carbocycles. The largest absolute Gasteiger partial charge is 0.462 e. The van der Waals surface area contributed by atoms with Crippen molar-refractivity contribution in [2.75, 3.05) is 13.7 Å². The van der Waals surface area contributed by atoms with Crippen LogP contribution in [0, 0.1) is 0 Å². The van der Waals surface area contributed by atoms with Gasteiger partial charge < -0.3 is 4.74 Å². The van der Waals surface area contributed by atoms with Crippen LogP contribution in [0.25, 0.3) is 0 Å². The van der Waals surface area contributed by atoms with Crippen molar-refractivity contribution in [2.24, 2.45) is 0 Å². The van der Waals surface area contributed by atoms with Gasteiger partial charge in [-0.2, -0.15) is 0 Å². The molecule has 1 aromatic heterocycles. The maximum Gasteiger partial charge on any atom is 0.339 e. The molecular formula is C9H13NO4S2. The molecule has 0 saturated heterocycles. The molecule has 0 bridgehead atoms. The summed E-state index contributed by atoms with van der Waals surface area (Å²) in [6.45, 7) is 2.22. The van der Waals surface area contributed by atoms with Crippen molar-refractivity contribution >= 4 is 27.3 Å². The molecule has 1 aromatic rings. The third-order valence-electron chi connectivity index (χ3n) is 1.78. The Hall–Kier alpha value is -0.920. The summed E-state index contributed by atoms with van der Waals surface area (Å²) >= 11 is 0.992. The first-order valence-electron chi connectivity index (χ1n) is 4.70. The number of esters is 1. The maximum atomic E-state index is 11.4. The Kier molecular flexibility index (Phi) is 4.45. The number of carbonyl (C=O) groups excluding carboxylic acids is 1. The Morgan fingerprint density at radius 3 is 2.81 bits per heavy atom. The standard InChI is InChI=1S/C9H13NO4S2/c1-3-4-14-9(11)7-5-8(15-6-7)16(12,13)10-2/h5-6,10H,3-4H2,1-2H3. The fourth-order valence-corrected chi connectivity index (χ4v) is 2.93. The first kappa shape index (κ1) is 13.1. The summed E-state index contributed by atoms with van der Waals surface area (Å²) in [5.41, 5.74) is 0.271. The lowest BCUT2D eigenvalue weighted by Gasteiger charge is -1.99. The molecule has 0 unspecified atom stereocenters. The molecule has 0 aliphatic heterocycles. The third-order valence-corrected chi connectivity index (χ3v) is 4.64. The first-order chi connectivity index (χ1) is 7.51. The van der Waals surface area contributed by atoms with E-state index in [0.717, 1.165) is 17.8 Å². The molecule has 0 amide bonds. The molecule has 0 atom stereocenters. The van der Waals surface area contributed by atoms with Gasteiger partial charge in [-0.05, 0) is 19.5 Å². The Morgan fingerprint density at radius 1 is 1.56 bits per heavy atom. The van der Waals surface area contributed by atoms with E-state index in [0.29, 0.717) is 6.61 Å².